The van der Waals surface area contributed by atoms with Gasteiger partial charge in [0.2, 0.25) is 5.84 Å². The topological polar surface area (TPSA) is 137 Å². The smallest absolute Gasteiger partial charge is 0.275 e. The van der Waals surface area contributed by atoms with E-state index >= 15 is 0 Å². The lowest BCUT2D eigenvalue weighted by Gasteiger charge is -2.10. The van der Waals surface area contributed by atoms with Gasteiger partial charge in [-0.25, -0.2) is 0 Å². The highest BCUT2D eigenvalue weighted by molar-refractivity contribution is 5.99. The molecular weight excluding hydrogens is 324 g/mol. The fraction of sp³-hybridized carbons (Fsp3) is 0.125. The van der Waals surface area contributed by atoms with Crippen molar-refractivity contribution in [3.8, 4) is 12.1 Å². The minimum Gasteiger partial charge on any atom is -0.276 e. The van der Waals surface area contributed by atoms with Crippen molar-refractivity contribution < 1.29 is 4.92 Å². The van der Waals surface area contributed by atoms with Crippen LogP contribution in [0, 0.1) is 46.6 Å². The van der Waals surface area contributed by atoms with E-state index in [4.69, 9.17) is 5.26 Å². The molecule has 1 aromatic heterocycles. The van der Waals surface area contributed by atoms with Gasteiger partial charge in [0.1, 0.15) is 17.7 Å². The summed E-state index contributed by atoms with van der Waals surface area (Å²) in [5.41, 5.74) is 3.15. The van der Waals surface area contributed by atoms with Crippen LogP contribution in [0.5, 0.6) is 0 Å². The number of hydrogen-bond acceptors (Lipinski definition) is 7. The summed E-state index contributed by atoms with van der Waals surface area (Å²) in [6.45, 7) is 3.25. The molecule has 0 amide bonds. The van der Waals surface area contributed by atoms with Crippen molar-refractivity contribution in [2.75, 3.05) is 5.43 Å². The third kappa shape index (κ3) is 3.51. The van der Waals surface area contributed by atoms with Gasteiger partial charge < -0.3 is 0 Å². The fourth-order valence-corrected chi connectivity index (χ4v) is 2.19. The molecular formula is C16H12N6O3. The zero-order chi connectivity index (χ0) is 18.6. The summed E-state index contributed by atoms with van der Waals surface area (Å²) < 4.78 is 1.03. The van der Waals surface area contributed by atoms with Crippen LogP contribution in [0.3, 0.4) is 0 Å². The Hall–Kier alpha value is -3.98. The van der Waals surface area contributed by atoms with Gasteiger partial charge in [0.15, 0.2) is 0 Å². The van der Waals surface area contributed by atoms with Crippen LogP contribution in [-0.2, 0) is 0 Å². The van der Waals surface area contributed by atoms with Gasteiger partial charge in [-0.05, 0) is 37.6 Å². The third-order valence-corrected chi connectivity index (χ3v) is 3.38. The number of hydrogen-bond donors (Lipinski definition) is 1. The van der Waals surface area contributed by atoms with Crippen molar-refractivity contribution in [1.82, 2.24) is 4.57 Å². The molecule has 124 valence electrons. The van der Waals surface area contributed by atoms with Crippen LogP contribution in [0.25, 0.3) is 0 Å². The molecule has 0 radical (unpaired) electrons. The minimum atomic E-state index is -0.634. The van der Waals surface area contributed by atoms with E-state index in [9.17, 15) is 20.2 Å². The molecule has 2 rings (SSSR count). The molecule has 0 fully saturated rings. The number of non-ortho nitro benzene ring substituents is 1. The highest BCUT2D eigenvalue weighted by Gasteiger charge is 2.14. The van der Waals surface area contributed by atoms with Gasteiger partial charge in [-0.3, -0.25) is 24.9 Å². The average molecular weight is 336 g/mol. The number of rotatable bonds is 3. The Morgan fingerprint density at radius 2 is 1.92 bits per heavy atom. The van der Waals surface area contributed by atoms with Gasteiger partial charge in [0.25, 0.3) is 11.2 Å². The van der Waals surface area contributed by atoms with E-state index in [2.05, 4.69) is 10.5 Å². The highest BCUT2D eigenvalue weighted by atomic mass is 16.6. The van der Waals surface area contributed by atoms with Crippen LogP contribution in [-0.4, -0.2) is 15.3 Å². The zero-order valence-electron chi connectivity index (χ0n) is 13.3. The molecule has 0 unspecified atom stereocenters. The predicted molar refractivity (Wildman–Crippen MR) is 90.1 cm³/mol. The van der Waals surface area contributed by atoms with Gasteiger partial charge in [0.05, 0.1) is 10.6 Å². The number of nitrogens with zero attached hydrogens (tertiary/aromatic N) is 5. The summed E-state index contributed by atoms with van der Waals surface area (Å²) >= 11 is 0. The molecule has 0 spiro atoms. The number of hydrazone groups is 1. The molecule has 25 heavy (non-hydrogen) atoms. The molecule has 1 aromatic carbocycles. The predicted octanol–water partition coefficient (Wildman–Crippen LogP) is 2.04. The Labute approximate surface area is 142 Å². The van der Waals surface area contributed by atoms with Gasteiger partial charge in [0, 0.05) is 17.8 Å². The van der Waals surface area contributed by atoms with Crippen LogP contribution in [0.1, 0.15) is 16.8 Å². The molecule has 9 nitrogen and oxygen atoms in total. The second-order valence-electron chi connectivity index (χ2n) is 5.06. The number of aryl methyl sites for hydroxylation is 2. The van der Waals surface area contributed by atoms with Crippen LogP contribution >= 0.6 is 0 Å². The first kappa shape index (κ1) is 17.4. The number of nitro groups is 1. The lowest BCUT2D eigenvalue weighted by molar-refractivity contribution is -0.384. The van der Waals surface area contributed by atoms with Crippen LogP contribution < -0.4 is 11.0 Å². The van der Waals surface area contributed by atoms with Gasteiger partial charge in [-0.15, -0.1) is 5.10 Å². The van der Waals surface area contributed by atoms with E-state index in [1.54, 1.807) is 26.0 Å². The summed E-state index contributed by atoms with van der Waals surface area (Å²) in [5.74, 6) is -0.252. The lowest BCUT2D eigenvalue weighted by Crippen LogP contribution is -2.31. The number of nitrogens with one attached hydrogen (secondary N) is 1. The van der Waals surface area contributed by atoms with Crippen molar-refractivity contribution >= 4 is 17.2 Å². The first-order valence-corrected chi connectivity index (χ1v) is 7.01. The molecule has 0 saturated carbocycles. The van der Waals surface area contributed by atoms with Crippen molar-refractivity contribution in [3.63, 3.8) is 0 Å². The van der Waals surface area contributed by atoms with Gasteiger partial charge >= 0.3 is 0 Å². The van der Waals surface area contributed by atoms with Gasteiger partial charge in [-0.2, -0.15) is 10.5 Å². The molecule has 0 saturated heterocycles. The number of benzene rings is 1. The Balaban J connectivity index is 2.43. The molecule has 0 aliphatic heterocycles. The molecule has 2 aromatic rings. The Bertz CT molecular complexity index is 1010. The Kier molecular flexibility index (Phi) is 4.91. The maximum Gasteiger partial charge on any atom is 0.275 e. The summed E-state index contributed by atoms with van der Waals surface area (Å²) in [4.78, 5) is 22.5. The van der Waals surface area contributed by atoms with Crippen LogP contribution in [0.2, 0.25) is 0 Å². The van der Waals surface area contributed by atoms with E-state index in [0.717, 1.165) is 4.57 Å². The monoisotopic (exact) mass is 336 g/mol. The van der Waals surface area contributed by atoms with E-state index < -0.39 is 10.5 Å². The highest BCUT2D eigenvalue weighted by Crippen LogP contribution is 2.15. The number of anilines is 1. The van der Waals surface area contributed by atoms with Crippen molar-refractivity contribution in [2.24, 2.45) is 5.10 Å². The number of pyridine rings is 1. The van der Waals surface area contributed by atoms with E-state index in [1.165, 1.54) is 24.3 Å². The molecule has 0 aliphatic rings. The molecule has 1 heterocycles. The second kappa shape index (κ2) is 7.06. The molecule has 1 N–H and O–H groups in total. The maximum atomic E-state index is 12.4. The second-order valence-corrected chi connectivity index (χ2v) is 5.06. The van der Waals surface area contributed by atoms with Crippen molar-refractivity contribution in [1.29, 1.82) is 10.5 Å². The van der Waals surface area contributed by atoms with Gasteiger partial charge in [-0.1, -0.05) is 0 Å². The molecule has 9 heteroatoms. The SMILES string of the molecule is Cc1cc(C)n(/C(C#N)=N/Nc2ccc([N+](=O)[O-])cc2)c(=O)c1C#N. The third-order valence-electron chi connectivity index (χ3n) is 3.38. The van der Waals surface area contributed by atoms with Crippen LogP contribution in [0.15, 0.2) is 40.2 Å². The summed E-state index contributed by atoms with van der Waals surface area (Å²) in [6, 6.07) is 10.6. The summed E-state index contributed by atoms with van der Waals surface area (Å²) in [5, 5.41) is 32.9. The summed E-state index contributed by atoms with van der Waals surface area (Å²) in [6.07, 6.45) is 0. The number of aromatic nitrogens is 1. The first-order chi connectivity index (χ1) is 11.9. The Morgan fingerprint density at radius 1 is 1.28 bits per heavy atom. The molecule has 0 atom stereocenters. The standard InChI is InChI=1S/C16H12N6O3/c1-10-7-11(2)21(16(23)14(10)8-17)15(9-18)20-19-12-3-5-13(6-4-12)22(24)25/h3-7,19H,1-2H3/b20-15+. The minimum absolute atomic E-state index is 0.0658. The molecule has 0 aliphatic carbocycles. The average Bonchev–Trinajstić information content (AvgIpc) is 2.58. The maximum absolute atomic E-state index is 12.4. The molecule has 0 bridgehead atoms. The quantitative estimate of drug-likeness (QED) is 0.394. The van der Waals surface area contributed by atoms with E-state index in [1.807, 2.05) is 6.07 Å². The number of nitro benzene ring substituents is 1. The van der Waals surface area contributed by atoms with E-state index in [0.29, 0.717) is 16.9 Å². The lowest BCUT2D eigenvalue weighted by atomic mass is 10.1. The first-order valence-electron chi connectivity index (χ1n) is 7.01. The fourth-order valence-electron chi connectivity index (χ4n) is 2.19. The Morgan fingerprint density at radius 3 is 2.44 bits per heavy atom. The van der Waals surface area contributed by atoms with Crippen molar-refractivity contribution in [2.45, 2.75) is 13.8 Å². The zero-order valence-corrected chi connectivity index (χ0v) is 13.3. The largest absolute Gasteiger partial charge is 0.276 e. The summed E-state index contributed by atoms with van der Waals surface area (Å²) in [7, 11) is 0. The normalized spacial score (nSPS) is 10.6. The van der Waals surface area contributed by atoms with Crippen molar-refractivity contribution in [3.05, 3.63) is 67.6 Å². The van der Waals surface area contributed by atoms with Crippen LogP contribution in [0.4, 0.5) is 11.4 Å². The number of nitriles is 2. The van der Waals surface area contributed by atoms with E-state index in [-0.39, 0.29) is 17.1 Å².